The van der Waals surface area contributed by atoms with Gasteiger partial charge >= 0.3 is 0 Å². The second-order valence-corrected chi connectivity index (χ2v) is 5.89. The molecule has 1 N–H and O–H groups in total. The highest BCUT2D eigenvalue weighted by molar-refractivity contribution is 5.57. The first-order valence-electron chi connectivity index (χ1n) is 8.13. The van der Waals surface area contributed by atoms with Crippen molar-refractivity contribution < 1.29 is 9.84 Å². The quantitative estimate of drug-likeness (QED) is 0.752. The van der Waals surface area contributed by atoms with E-state index in [-0.39, 0.29) is 18.7 Å². The molecule has 0 aliphatic heterocycles. The molecule has 1 heterocycles. The molecule has 0 saturated carbocycles. The second-order valence-electron chi connectivity index (χ2n) is 5.89. The molecule has 5 nitrogen and oxygen atoms in total. The molecule has 5 heteroatoms. The minimum atomic E-state index is -0.836. The molecular formula is C20H20N2O3. The fourth-order valence-electron chi connectivity index (χ4n) is 2.49. The summed E-state index contributed by atoms with van der Waals surface area (Å²) in [6.45, 7) is 2.14. The van der Waals surface area contributed by atoms with E-state index in [0.29, 0.717) is 11.4 Å². The number of aromatic nitrogens is 2. The van der Waals surface area contributed by atoms with E-state index in [9.17, 15) is 9.90 Å². The van der Waals surface area contributed by atoms with Crippen molar-refractivity contribution in [3.8, 4) is 17.0 Å². The summed E-state index contributed by atoms with van der Waals surface area (Å²) >= 11 is 0. The van der Waals surface area contributed by atoms with Crippen molar-refractivity contribution in [1.82, 2.24) is 9.78 Å². The average Bonchev–Trinajstić information content (AvgIpc) is 2.63. The molecule has 0 spiro atoms. The number of rotatable bonds is 6. The van der Waals surface area contributed by atoms with Gasteiger partial charge in [0, 0.05) is 11.6 Å². The summed E-state index contributed by atoms with van der Waals surface area (Å²) in [6.07, 6.45) is -0.836. The van der Waals surface area contributed by atoms with Gasteiger partial charge < -0.3 is 9.84 Å². The van der Waals surface area contributed by atoms with E-state index in [1.54, 1.807) is 6.07 Å². The normalized spacial score (nSPS) is 11.9. The molecule has 1 unspecified atom stereocenters. The standard InChI is InChI=1S/C20H20N2O3/c1-15-6-5-9-18(12-15)25-14-17(23)13-22-20(24)11-10-19(21-22)16-7-3-2-4-8-16/h2-12,17,23H,13-14H2,1H3. The molecule has 3 aromatic rings. The first-order valence-corrected chi connectivity index (χ1v) is 8.13. The lowest BCUT2D eigenvalue weighted by atomic mass is 10.1. The molecule has 3 rings (SSSR count). The molecule has 0 fully saturated rings. The third-order valence-corrected chi connectivity index (χ3v) is 3.75. The lowest BCUT2D eigenvalue weighted by molar-refractivity contribution is 0.0880. The van der Waals surface area contributed by atoms with Crippen LogP contribution in [-0.2, 0) is 6.54 Å². The monoisotopic (exact) mass is 336 g/mol. The molecule has 25 heavy (non-hydrogen) atoms. The van der Waals surface area contributed by atoms with E-state index < -0.39 is 6.10 Å². The van der Waals surface area contributed by atoms with Crippen LogP contribution in [0.4, 0.5) is 0 Å². The van der Waals surface area contributed by atoms with Gasteiger partial charge in [0.25, 0.3) is 5.56 Å². The predicted molar refractivity (Wildman–Crippen MR) is 96.6 cm³/mol. The maximum absolute atomic E-state index is 12.0. The van der Waals surface area contributed by atoms with Gasteiger partial charge in [-0.25, -0.2) is 4.68 Å². The first-order chi connectivity index (χ1) is 12.1. The highest BCUT2D eigenvalue weighted by atomic mass is 16.5. The third-order valence-electron chi connectivity index (χ3n) is 3.75. The molecule has 0 aliphatic carbocycles. The van der Waals surface area contributed by atoms with Crippen molar-refractivity contribution >= 4 is 0 Å². The molecule has 1 atom stereocenters. The topological polar surface area (TPSA) is 64.3 Å². The summed E-state index contributed by atoms with van der Waals surface area (Å²) in [5.74, 6) is 0.692. The van der Waals surface area contributed by atoms with Gasteiger partial charge in [-0.2, -0.15) is 5.10 Å². The van der Waals surface area contributed by atoms with Gasteiger partial charge in [-0.05, 0) is 30.7 Å². The zero-order valence-corrected chi connectivity index (χ0v) is 14.0. The van der Waals surface area contributed by atoms with E-state index in [1.807, 2.05) is 61.5 Å². The van der Waals surface area contributed by atoms with Crippen molar-refractivity contribution in [3.63, 3.8) is 0 Å². The number of aliphatic hydroxyl groups is 1. The summed E-state index contributed by atoms with van der Waals surface area (Å²) in [7, 11) is 0. The van der Waals surface area contributed by atoms with Gasteiger partial charge in [-0.15, -0.1) is 0 Å². The van der Waals surface area contributed by atoms with Gasteiger partial charge in [0.2, 0.25) is 0 Å². The zero-order valence-electron chi connectivity index (χ0n) is 14.0. The molecule has 1 aromatic heterocycles. The molecule has 0 radical (unpaired) electrons. The van der Waals surface area contributed by atoms with Gasteiger partial charge in [0.1, 0.15) is 18.5 Å². The Hall–Kier alpha value is -2.92. The molecule has 0 saturated heterocycles. The molecule has 128 valence electrons. The largest absolute Gasteiger partial charge is 0.491 e. The maximum atomic E-state index is 12.0. The lowest BCUT2D eigenvalue weighted by Gasteiger charge is -2.14. The van der Waals surface area contributed by atoms with Gasteiger partial charge in [-0.3, -0.25) is 4.79 Å². The summed E-state index contributed by atoms with van der Waals surface area (Å²) < 4.78 is 6.85. The summed E-state index contributed by atoms with van der Waals surface area (Å²) in [4.78, 5) is 12.0. The highest BCUT2D eigenvalue weighted by Crippen LogP contribution is 2.15. The van der Waals surface area contributed by atoms with Crippen LogP contribution in [0.25, 0.3) is 11.3 Å². The lowest BCUT2D eigenvalue weighted by Crippen LogP contribution is -2.31. The number of hydrogen-bond acceptors (Lipinski definition) is 4. The van der Waals surface area contributed by atoms with E-state index in [2.05, 4.69) is 5.10 Å². The Morgan fingerprint density at radius 3 is 2.64 bits per heavy atom. The van der Waals surface area contributed by atoms with Crippen LogP contribution >= 0.6 is 0 Å². The van der Waals surface area contributed by atoms with Crippen molar-refractivity contribution in [2.45, 2.75) is 19.6 Å². The smallest absolute Gasteiger partial charge is 0.266 e. The Morgan fingerprint density at radius 2 is 1.88 bits per heavy atom. The molecule has 0 bridgehead atoms. The number of benzene rings is 2. The second kappa shape index (κ2) is 7.77. The summed E-state index contributed by atoms with van der Waals surface area (Å²) in [5, 5.41) is 14.5. The average molecular weight is 336 g/mol. The minimum Gasteiger partial charge on any atom is -0.491 e. The summed E-state index contributed by atoms with van der Waals surface area (Å²) in [5.41, 5.74) is 2.43. The third kappa shape index (κ3) is 4.55. The van der Waals surface area contributed by atoms with Crippen LogP contribution in [0, 0.1) is 6.92 Å². The van der Waals surface area contributed by atoms with E-state index in [4.69, 9.17) is 4.74 Å². The van der Waals surface area contributed by atoms with Gasteiger partial charge in [0.05, 0.1) is 12.2 Å². The van der Waals surface area contributed by atoms with Crippen LogP contribution < -0.4 is 10.3 Å². The Balaban J connectivity index is 1.68. The van der Waals surface area contributed by atoms with Crippen LogP contribution in [0.15, 0.2) is 71.5 Å². The highest BCUT2D eigenvalue weighted by Gasteiger charge is 2.10. The van der Waals surface area contributed by atoms with Crippen molar-refractivity contribution in [2.24, 2.45) is 0 Å². The van der Waals surface area contributed by atoms with Crippen LogP contribution in [0.5, 0.6) is 5.75 Å². The van der Waals surface area contributed by atoms with Crippen LogP contribution in [-0.4, -0.2) is 27.6 Å². The van der Waals surface area contributed by atoms with Crippen molar-refractivity contribution in [2.75, 3.05) is 6.61 Å². The summed E-state index contributed by atoms with van der Waals surface area (Å²) in [6, 6.07) is 20.3. The molecule has 0 aliphatic rings. The number of aryl methyl sites for hydroxylation is 1. The van der Waals surface area contributed by atoms with Gasteiger partial charge in [-0.1, -0.05) is 42.5 Å². The van der Waals surface area contributed by atoms with Crippen LogP contribution in [0.1, 0.15) is 5.56 Å². The van der Waals surface area contributed by atoms with Crippen molar-refractivity contribution in [3.05, 3.63) is 82.6 Å². The first kappa shape index (κ1) is 16.9. The Bertz CT molecular complexity index is 891. The van der Waals surface area contributed by atoms with E-state index in [0.717, 1.165) is 11.1 Å². The SMILES string of the molecule is Cc1cccc(OCC(O)Cn2nc(-c3ccccc3)ccc2=O)c1. The minimum absolute atomic E-state index is 0.0747. The fourth-order valence-corrected chi connectivity index (χ4v) is 2.49. The van der Waals surface area contributed by atoms with E-state index in [1.165, 1.54) is 10.7 Å². The van der Waals surface area contributed by atoms with Gasteiger partial charge in [0.15, 0.2) is 0 Å². The molecular weight excluding hydrogens is 316 g/mol. The van der Waals surface area contributed by atoms with Crippen molar-refractivity contribution in [1.29, 1.82) is 0 Å². The van der Waals surface area contributed by atoms with E-state index >= 15 is 0 Å². The Kier molecular flexibility index (Phi) is 5.26. The molecule has 0 amide bonds. The Labute approximate surface area is 146 Å². The number of aliphatic hydroxyl groups excluding tert-OH is 1. The zero-order chi connectivity index (χ0) is 17.6. The maximum Gasteiger partial charge on any atom is 0.266 e. The fraction of sp³-hybridized carbons (Fsp3) is 0.200. The van der Waals surface area contributed by atoms with Crippen LogP contribution in [0.2, 0.25) is 0 Å². The number of nitrogens with zero attached hydrogens (tertiary/aromatic N) is 2. The Morgan fingerprint density at radius 1 is 1.08 bits per heavy atom. The number of hydrogen-bond donors (Lipinski definition) is 1. The number of ether oxygens (including phenoxy) is 1. The molecule has 2 aromatic carbocycles. The van der Waals surface area contributed by atoms with Crippen LogP contribution in [0.3, 0.4) is 0 Å². The predicted octanol–water partition coefficient (Wildman–Crippen LogP) is 2.66.